The molecule has 0 saturated heterocycles. The number of rotatable bonds is 2. The summed E-state index contributed by atoms with van der Waals surface area (Å²) in [5.74, 6) is 2.99. The Hall–Kier alpha value is -1.56. The van der Waals surface area contributed by atoms with Crippen LogP contribution < -0.4 is 5.32 Å². The van der Waals surface area contributed by atoms with Crippen molar-refractivity contribution in [1.29, 1.82) is 0 Å². The van der Waals surface area contributed by atoms with Gasteiger partial charge in [-0.25, -0.2) is 9.97 Å². The monoisotopic (exact) mass is 133 g/mol. The van der Waals surface area contributed by atoms with E-state index >= 15 is 0 Å². The Morgan fingerprint density at radius 2 is 2.20 bits per heavy atom. The Labute approximate surface area is 59.5 Å². The van der Waals surface area contributed by atoms with Crippen LogP contribution in [0.1, 0.15) is 0 Å². The summed E-state index contributed by atoms with van der Waals surface area (Å²) in [4.78, 5) is 7.80. The van der Waals surface area contributed by atoms with Gasteiger partial charge < -0.3 is 5.32 Å². The van der Waals surface area contributed by atoms with Crippen LogP contribution in [0.5, 0.6) is 0 Å². The van der Waals surface area contributed by atoms with E-state index in [0.717, 1.165) is 0 Å². The van der Waals surface area contributed by atoms with Crippen molar-refractivity contribution in [3.8, 4) is 12.3 Å². The zero-order chi connectivity index (χ0) is 7.23. The fourth-order valence-electron chi connectivity index (χ4n) is 0.520. The third-order valence-corrected chi connectivity index (χ3v) is 0.914. The van der Waals surface area contributed by atoms with Crippen LogP contribution in [-0.2, 0) is 0 Å². The molecule has 0 saturated carbocycles. The van der Waals surface area contributed by atoms with E-state index < -0.39 is 0 Å². The molecular formula is C7H7N3. The van der Waals surface area contributed by atoms with Gasteiger partial charge in [0, 0.05) is 12.4 Å². The zero-order valence-corrected chi connectivity index (χ0v) is 5.41. The van der Waals surface area contributed by atoms with Crippen LogP contribution >= 0.6 is 0 Å². The molecule has 0 bridgehead atoms. The summed E-state index contributed by atoms with van der Waals surface area (Å²) in [7, 11) is 0. The van der Waals surface area contributed by atoms with Crippen molar-refractivity contribution in [2.24, 2.45) is 0 Å². The first kappa shape index (κ1) is 6.56. The van der Waals surface area contributed by atoms with Gasteiger partial charge in [-0.3, -0.25) is 0 Å². The third kappa shape index (κ3) is 1.75. The summed E-state index contributed by atoms with van der Waals surface area (Å²) >= 11 is 0. The lowest BCUT2D eigenvalue weighted by atomic mass is 10.6. The first-order valence-electron chi connectivity index (χ1n) is 2.88. The minimum absolute atomic E-state index is 0.462. The second-order valence-corrected chi connectivity index (χ2v) is 1.63. The second-order valence-electron chi connectivity index (χ2n) is 1.63. The predicted molar refractivity (Wildman–Crippen MR) is 39.4 cm³/mol. The van der Waals surface area contributed by atoms with Crippen molar-refractivity contribution in [3.05, 3.63) is 18.5 Å². The van der Waals surface area contributed by atoms with Crippen LogP contribution in [0.4, 0.5) is 5.95 Å². The Kier molecular flexibility index (Phi) is 2.27. The third-order valence-electron chi connectivity index (χ3n) is 0.914. The topological polar surface area (TPSA) is 37.8 Å². The van der Waals surface area contributed by atoms with Gasteiger partial charge in [0.05, 0.1) is 6.54 Å². The molecule has 3 nitrogen and oxygen atoms in total. The van der Waals surface area contributed by atoms with E-state index in [1.807, 2.05) is 0 Å². The molecule has 3 heteroatoms. The molecule has 0 fully saturated rings. The van der Waals surface area contributed by atoms with Gasteiger partial charge in [0.15, 0.2) is 0 Å². The maximum atomic E-state index is 5.01. The van der Waals surface area contributed by atoms with E-state index in [9.17, 15) is 0 Å². The molecule has 1 rings (SSSR count). The normalized spacial score (nSPS) is 8.30. The molecular weight excluding hydrogens is 126 g/mol. The van der Waals surface area contributed by atoms with Crippen molar-refractivity contribution < 1.29 is 0 Å². The summed E-state index contributed by atoms with van der Waals surface area (Å²) < 4.78 is 0. The van der Waals surface area contributed by atoms with E-state index in [2.05, 4.69) is 21.2 Å². The molecule has 1 heterocycles. The second kappa shape index (κ2) is 3.46. The van der Waals surface area contributed by atoms with Crippen LogP contribution in [-0.4, -0.2) is 16.5 Å². The lowest BCUT2D eigenvalue weighted by molar-refractivity contribution is 1.13. The molecule has 1 aromatic rings. The highest BCUT2D eigenvalue weighted by atomic mass is 15.1. The van der Waals surface area contributed by atoms with Crippen molar-refractivity contribution in [1.82, 2.24) is 9.97 Å². The molecule has 0 aliphatic heterocycles. The van der Waals surface area contributed by atoms with E-state index in [1.165, 1.54) is 0 Å². The van der Waals surface area contributed by atoms with Gasteiger partial charge in [-0.15, -0.1) is 6.42 Å². The molecule has 0 aromatic carbocycles. The van der Waals surface area contributed by atoms with Crippen molar-refractivity contribution >= 4 is 5.95 Å². The number of anilines is 1. The average molecular weight is 133 g/mol. The van der Waals surface area contributed by atoms with Crippen LogP contribution in [0.25, 0.3) is 0 Å². The zero-order valence-electron chi connectivity index (χ0n) is 5.41. The number of nitrogens with zero attached hydrogens (tertiary/aromatic N) is 2. The highest BCUT2D eigenvalue weighted by molar-refractivity contribution is 5.24. The minimum Gasteiger partial charge on any atom is -0.343 e. The number of aromatic nitrogens is 2. The number of nitrogens with one attached hydrogen (secondary N) is 1. The van der Waals surface area contributed by atoms with Gasteiger partial charge in [-0.05, 0) is 6.07 Å². The fraction of sp³-hybridized carbons (Fsp3) is 0.143. The lowest BCUT2D eigenvalue weighted by Gasteiger charge is -1.96. The molecule has 10 heavy (non-hydrogen) atoms. The highest BCUT2D eigenvalue weighted by Gasteiger charge is 1.86. The summed E-state index contributed by atoms with van der Waals surface area (Å²) in [5, 5.41) is 2.84. The minimum atomic E-state index is 0.462. The number of terminal acetylenes is 1. The van der Waals surface area contributed by atoms with E-state index in [0.29, 0.717) is 12.5 Å². The van der Waals surface area contributed by atoms with Crippen LogP contribution in [0.2, 0.25) is 0 Å². The molecule has 0 spiro atoms. The molecule has 0 amide bonds. The molecule has 0 aliphatic carbocycles. The Balaban J connectivity index is 2.52. The van der Waals surface area contributed by atoms with E-state index in [-0.39, 0.29) is 0 Å². The standard InChI is InChI=1S/C7H7N3/c1-2-4-8-7-9-5-3-6-10-7/h1,3,5-6H,4H2,(H,8,9,10). The molecule has 0 radical (unpaired) electrons. The molecule has 1 N–H and O–H groups in total. The number of hydrogen-bond donors (Lipinski definition) is 1. The van der Waals surface area contributed by atoms with E-state index in [4.69, 9.17) is 6.42 Å². The largest absolute Gasteiger partial charge is 0.343 e. The molecule has 50 valence electrons. The fourth-order valence-corrected chi connectivity index (χ4v) is 0.520. The molecule has 0 unspecified atom stereocenters. The van der Waals surface area contributed by atoms with Gasteiger partial charge in [0.2, 0.25) is 5.95 Å². The van der Waals surface area contributed by atoms with Gasteiger partial charge >= 0.3 is 0 Å². The summed E-state index contributed by atoms with van der Waals surface area (Å²) in [5.41, 5.74) is 0. The Morgan fingerprint density at radius 1 is 1.50 bits per heavy atom. The summed E-state index contributed by atoms with van der Waals surface area (Å²) in [6, 6.07) is 1.75. The Morgan fingerprint density at radius 3 is 2.80 bits per heavy atom. The van der Waals surface area contributed by atoms with Crippen LogP contribution in [0.15, 0.2) is 18.5 Å². The van der Waals surface area contributed by atoms with Crippen LogP contribution in [0.3, 0.4) is 0 Å². The first-order valence-corrected chi connectivity index (χ1v) is 2.88. The molecule has 0 atom stereocenters. The van der Waals surface area contributed by atoms with Gasteiger partial charge in [-0.1, -0.05) is 5.92 Å². The smallest absolute Gasteiger partial charge is 0.223 e. The number of hydrogen-bond acceptors (Lipinski definition) is 3. The molecule has 0 aliphatic rings. The van der Waals surface area contributed by atoms with Gasteiger partial charge in [0.1, 0.15) is 0 Å². The van der Waals surface area contributed by atoms with E-state index in [1.54, 1.807) is 18.5 Å². The average Bonchev–Trinajstić information content (AvgIpc) is 2.03. The maximum absolute atomic E-state index is 5.01. The van der Waals surface area contributed by atoms with Crippen LogP contribution in [0, 0.1) is 12.3 Å². The SMILES string of the molecule is C#CCNc1ncccn1. The molecule has 1 aromatic heterocycles. The quantitative estimate of drug-likeness (QED) is 0.598. The van der Waals surface area contributed by atoms with Crippen molar-refractivity contribution in [2.45, 2.75) is 0 Å². The van der Waals surface area contributed by atoms with Gasteiger partial charge in [0.25, 0.3) is 0 Å². The highest BCUT2D eigenvalue weighted by Crippen LogP contribution is 1.90. The summed E-state index contributed by atoms with van der Waals surface area (Å²) in [6.45, 7) is 0.462. The maximum Gasteiger partial charge on any atom is 0.223 e. The predicted octanol–water partition coefficient (Wildman–Crippen LogP) is 0.522. The van der Waals surface area contributed by atoms with Crippen molar-refractivity contribution in [2.75, 3.05) is 11.9 Å². The van der Waals surface area contributed by atoms with Crippen molar-refractivity contribution in [3.63, 3.8) is 0 Å². The Bertz CT molecular complexity index is 224. The lowest BCUT2D eigenvalue weighted by Crippen LogP contribution is -2.01. The summed E-state index contributed by atoms with van der Waals surface area (Å²) in [6.07, 6.45) is 8.33. The van der Waals surface area contributed by atoms with Gasteiger partial charge in [-0.2, -0.15) is 0 Å². The first-order chi connectivity index (χ1) is 4.93.